The van der Waals surface area contributed by atoms with Crippen LogP contribution in [0, 0.1) is 33.8 Å². The highest BCUT2D eigenvalue weighted by Crippen LogP contribution is 2.37. The van der Waals surface area contributed by atoms with Crippen molar-refractivity contribution in [3.63, 3.8) is 0 Å². The molecule has 0 radical (unpaired) electrons. The first-order valence-corrected chi connectivity index (χ1v) is 22.5. The van der Waals surface area contributed by atoms with Crippen molar-refractivity contribution in [1.82, 2.24) is 0 Å². The number of hydrogen-bond acceptors (Lipinski definition) is 8. The van der Waals surface area contributed by atoms with E-state index < -0.39 is 25.3 Å². The molecule has 312 valence electrons. The molecule has 0 amide bonds. The molecule has 0 aliphatic heterocycles. The molecule has 10 heteroatoms. The van der Waals surface area contributed by atoms with Gasteiger partial charge in [-0.2, -0.15) is 0 Å². The zero-order valence-electron chi connectivity index (χ0n) is 35.6. The highest BCUT2D eigenvalue weighted by atomic mass is 28.4. The third-order valence-corrected chi connectivity index (χ3v) is 16.4. The number of ether oxygens (including phenoxy) is 3. The third kappa shape index (κ3) is 14.1. The number of rotatable bonds is 26. The van der Waals surface area contributed by atoms with Gasteiger partial charge in [0.05, 0.1) is 16.6 Å². The number of carbonyl (C=O) groups is 2. The van der Waals surface area contributed by atoms with Crippen LogP contribution < -0.4 is 10.4 Å². The number of Topliss-reactive ketones (excluding diaryl/α,β-unsaturated/α-hetero) is 1. The number of carbonyl (C=O) groups excluding carboxylic acids is 2. The minimum Gasteiger partial charge on any atom is -0.459 e. The van der Waals surface area contributed by atoms with Crippen LogP contribution in [-0.2, 0) is 23.4 Å². The Morgan fingerprint density at radius 1 is 0.789 bits per heavy atom. The first-order valence-electron chi connectivity index (χ1n) is 20.6. The lowest BCUT2D eigenvalue weighted by Crippen LogP contribution is -2.66. The van der Waals surface area contributed by atoms with Gasteiger partial charge in [0, 0.05) is 38.7 Å². The lowest BCUT2D eigenvalue weighted by atomic mass is 9.86. The number of methoxy groups -OCH3 is 1. The van der Waals surface area contributed by atoms with Gasteiger partial charge in [-0.25, -0.2) is 4.79 Å². The molecule has 3 rings (SSSR count). The van der Waals surface area contributed by atoms with E-state index in [2.05, 4.69) is 109 Å². The van der Waals surface area contributed by atoms with E-state index in [1.807, 2.05) is 13.0 Å². The molecular weight excluding hydrogens is 735 g/mol. The van der Waals surface area contributed by atoms with E-state index in [-0.39, 0.29) is 58.6 Å². The number of nitro benzene ring substituents is 1. The Morgan fingerprint density at radius 2 is 1.33 bits per heavy atom. The van der Waals surface area contributed by atoms with E-state index in [1.165, 1.54) is 34.6 Å². The molecular formula is C47H67NO8Si. The molecule has 0 heterocycles. The zero-order valence-corrected chi connectivity index (χ0v) is 36.6. The highest BCUT2D eigenvalue weighted by Gasteiger charge is 2.50. The van der Waals surface area contributed by atoms with Crippen LogP contribution in [0.5, 0.6) is 0 Å². The van der Waals surface area contributed by atoms with Gasteiger partial charge in [0.25, 0.3) is 14.0 Å². The first kappa shape index (κ1) is 47.4. The summed E-state index contributed by atoms with van der Waals surface area (Å²) in [5.74, 6) is 0.173. The Bertz CT molecular complexity index is 1620. The van der Waals surface area contributed by atoms with Crippen LogP contribution in [0.4, 0.5) is 5.69 Å². The van der Waals surface area contributed by atoms with Crippen molar-refractivity contribution < 1.29 is 33.1 Å². The molecule has 0 fully saturated rings. The number of nitro groups is 1. The van der Waals surface area contributed by atoms with Crippen LogP contribution in [0.1, 0.15) is 110 Å². The molecule has 57 heavy (non-hydrogen) atoms. The Labute approximate surface area is 342 Å². The minimum absolute atomic E-state index is 0.0609. The molecule has 0 aromatic heterocycles. The number of non-ortho nitro benzene ring substituents is 1. The van der Waals surface area contributed by atoms with Crippen LogP contribution in [-0.4, -0.2) is 57.7 Å². The van der Waals surface area contributed by atoms with Crippen LogP contribution >= 0.6 is 0 Å². The fourth-order valence-electron chi connectivity index (χ4n) is 7.77. The summed E-state index contributed by atoms with van der Waals surface area (Å²) in [7, 11) is -0.990. The van der Waals surface area contributed by atoms with Crippen LogP contribution in [0.3, 0.4) is 0 Å². The number of allylic oxidation sites excluding steroid dienone is 1. The summed E-state index contributed by atoms with van der Waals surface area (Å²) in [4.78, 5) is 36.9. The van der Waals surface area contributed by atoms with Crippen LogP contribution in [0.25, 0.3) is 0 Å². The molecule has 0 saturated carbocycles. The van der Waals surface area contributed by atoms with Crippen molar-refractivity contribution in [2.75, 3.05) is 20.5 Å². The van der Waals surface area contributed by atoms with Crippen LogP contribution in [0.15, 0.2) is 97.6 Å². The maximum atomic E-state index is 13.3. The maximum absolute atomic E-state index is 13.3. The molecule has 0 spiro atoms. The standard InChI is InChI=1S/C47H67NO8Si/c1-10-35(2)23-32-44(56-46(50)39-26-28-40(29-27-39)48(51)52)36(3)24-30-41(49)31-25-38(5)45(54-34-53-9)37(4)18-17-33-55-57(47(6,7)8,42-19-13-11-14-20-42)43-21-15-12-16-22-43/h10-16,19-22,26-29,35-38,44-45H,1,17-18,23-25,30-34H2,2-9H3/t35-,36-,37-,38+,44+,45+/m1/s1. The van der Waals surface area contributed by atoms with Crippen molar-refractivity contribution in [3.05, 3.63) is 113 Å². The number of ketones is 1. The fourth-order valence-corrected chi connectivity index (χ4v) is 12.4. The van der Waals surface area contributed by atoms with Gasteiger partial charge in [0.15, 0.2) is 0 Å². The molecule has 0 bridgehead atoms. The number of nitrogens with zero attached hydrogens (tertiary/aromatic N) is 1. The zero-order chi connectivity index (χ0) is 42.0. The second kappa shape index (κ2) is 23.4. The molecule has 0 aliphatic rings. The molecule has 9 nitrogen and oxygen atoms in total. The van der Waals surface area contributed by atoms with Gasteiger partial charge < -0.3 is 18.6 Å². The summed E-state index contributed by atoms with van der Waals surface area (Å²) in [6.07, 6.45) is 6.67. The van der Waals surface area contributed by atoms with Gasteiger partial charge in [-0.15, -0.1) is 6.58 Å². The summed E-state index contributed by atoms with van der Waals surface area (Å²) < 4.78 is 24.7. The van der Waals surface area contributed by atoms with Crippen molar-refractivity contribution in [3.8, 4) is 0 Å². The van der Waals surface area contributed by atoms with Crippen molar-refractivity contribution >= 4 is 36.1 Å². The van der Waals surface area contributed by atoms with E-state index in [4.69, 9.17) is 18.6 Å². The number of hydrogen-bond donors (Lipinski definition) is 0. The Morgan fingerprint density at radius 3 is 1.84 bits per heavy atom. The molecule has 3 aromatic carbocycles. The predicted octanol–water partition coefficient (Wildman–Crippen LogP) is 10.1. The van der Waals surface area contributed by atoms with E-state index in [9.17, 15) is 19.7 Å². The molecule has 3 aromatic rings. The second-order valence-electron chi connectivity index (χ2n) is 16.8. The molecule has 0 aliphatic carbocycles. The topological polar surface area (TPSA) is 114 Å². The molecule has 6 atom stereocenters. The summed E-state index contributed by atoms with van der Waals surface area (Å²) in [5.41, 5.74) is 0.165. The normalized spacial score (nSPS) is 15.2. The lowest BCUT2D eigenvalue weighted by molar-refractivity contribution is -0.384. The van der Waals surface area contributed by atoms with Crippen molar-refractivity contribution in [1.29, 1.82) is 0 Å². The fraction of sp³-hybridized carbons (Fsp3) is 0.532. The summed E-state index contributed by atoms with van der Waals surface area (Å²) in [5, 5.41) is 13.5. The third-order valence-electron chi connectivity index (χ3n) is 11.3. The van der Waals surface area contributed by atoms with Gasteiger partial charge in [-0.1, -0.05) is 115 Å². The van der Waals surface area contributed by atoms with E-state index in [0.717, 1.165) is 19.3 Å². The monoisotopic (exact) mass is 801 g/mol. The Balaban J connectivity index is 1.58. The van der Waals surface area contributed by atoms with E-state index in [1.54, 1.807) is 7.11 Å². The number of benzene rings is 3. The molecule has 0 saturated heterocycles. The summed E-state index contributed by atoms with van der Waals surface area (Å²) in [6, 6.07) is 26.8. The summed E-state index contributed by atoms with van der Waals surface area (Å²) in [6.45, 7) is 20.0. The number of esters is 1. The van der Waals surface area contributed by atoms with Crippen molar-refractivity contribution in [2.45, 2.75) is 117 Å². The Hall–Kier alpha value is -3.96. The van der Waals surface area contributed by atoms with E-state index in [0.29, 0.717) is 38.7 Å². The van der Waals surface area contributed by atoms with Gasteiger partial charge in [-0.3, -0.25) is 14.9 Å². The highest BCUT2D eigenvalue weighted by molar-refractivity contribution is 6.99. The first-order chi connectivity index (χ1) is 27.1. The van der Waals surface area contributed by atoms with Gasteiger partial charge in [0.1, 0.15) is 18.7 Å². The average molecular weight is 802 g/mol. The quantitative estimate of drug-likeness (QED) is 0.0150. The predicted molar refractivity (Wildman–Crippen MR) is 231 cm³/mol. The smallest absolute Gasteiger partial charge is 0.338 e. The van der Waals surface area contributed by atoms with Crippen LogP contribution in [0.2, 0.25) is 5.04 Å². The SMILES string of the molecule is C=C[C@@H](C)CC[C@H](OC(=O)c1ccc([N+](=O)[O-])cc1)[C@H](C)CCC(=O)CC[C@H](C)[C@@H](OCOC)[C@H](C)CCCO[Si](c1ccccc1)(c1ccccc1)C(C)(C)C. The molecule has 0 unspecified atom stereocenters. The summed E-state index contributed by atoms with van der Waals surface area (Å²) >= 11 is 0. The average Bonchev–Trinajstić information content (AvgIpc) is 3.20. The van der Waals surface area contributed by atoms with Crippen molar-refractivity contribution in [2.24, 2.45) is 23.7 Å². The minimum atomic E-state index is -2.62. The largest absolute Gasteiger partial charge is 0.459 e. The van der Waals surface area contributed by atoms with E-state index >= 15 is 0 Å². The maximum Gasteiger partial charge on any atom is 0.338 e. The molecule has 0 N–H and O–H groups in total. The lowest BCUT2D eigenvalue weighted by Gasteiger charge is -2.43. The van der Waals surface area contributed by atoms with Gasteiger partial charge in [0.2, 0.25) is 0 Å². The second-order valence-corrected chi connectivity index (χ2v) is 21.1. The van der Waals surface area contributed by atoms with Gasteiger partial charge >= 0.3 is 5.97 Å². The van der Waals surface area contributed by atoms with Gasteiger partial charge in [-0.05, 0) is 89.7 Å². The Kier molecular flexibility index (Phi) is 19.5.